The maximum Gasteiger partial charge on any atom is 0.472 e. The van der Waals surface area contributed by atoms with Gasteiger partial charge in [-0.15, -0.1) is 0 Å². The van der Waals surface area contributed by atoms with Crippen molar-refractivity contribution >= 4 is 49.3 Å². The molecule has 0 aromatic carbocycles. The Morgan fingerprint density at radius 1 is 0.886 bits per heavy atom. The number of aliphatic hydroxyl groups is 1. The summed E-state index contributed by atoms with van der Waals surface area (Å²) in [7, 11) is -4.58. The van der Waals surface area contributed by atoms with Crippen molar-refractivity contribution in [1.29, 1.82) is 0 Å². The van der Waals surface area contributed by atoms with Crippen molar-refractivity contribution in [2.24, 2.45) is 5.73 Å². The van der Waals surface area contributed by atoms with E-state index in [-0.39, 0.29) is 42.6 Å². The number of carboxylic acids is 1. The maximum absolute atomic E-state index is 11.7. The number of carbonyl (C=O) groups is 2. The number of phosphoric ester groups is 1. The van der Waals surface area contributed by atoms with E-state index in [1.165, 1.54) is 44.9 Å². The molecule has 12 heteroatoms. The number of carbonyl (C=O) groups excluding carboxylic acids is 1. The van der Waals surface area contributed by atoms with Crippen LogP contribution in [0.5, 0.6) is 0 Å². The average Bonchev–Trinajstić information content (AvgIpc) is 2.80. The van der Waals surface area contributed by atoms with Gasteiger partial charge in [-0.3, -0.25) is 18.6 Å². The number of carboxylic acid groups (broad SMARTS) is 1. The van der Waals surface area contributed by atoms with E-state index in [4.69, 9.17) is 15.6 Å². The van der Waals surface area contributed by atoms with Crippen LogP contribution < -0.4 is 5.73 Å². The van der Waals surface area contributed by atoms with Crippen molar-refractivity contribution in [3.63, 3.8) is 0 Å². The van der Waals surface area contributed by atoms with Gasteiger partial charge in [-0.2, -0.15) is 0 Å². The van der Waals surface area contributed by atoms with Gasteiger partial charge in [0, 0.05) is 36.0 Å². The van der Waals surface area contributed by atoms with Crippen LogP contribution in [0.2, 0.25) is 0 Å². The monoisotopic (exact) mass is 532 g/mol. The first-order valence-corrected chi connectivity index (χ1v) is 13.8. The van der Waals surface area contributed by atoms with Gasteiger partial charge in [0.2, 0.25) is 0 Å². The van der Waals surface area contributed by atoms with Crippen LogP contribution in [-0.2, 0) is 27.9 Å². The summed E-state index contributed by atoms with van der Waals surface area (Å²) in [6, 6.07) is -1.48. The van der Waals surface area contributed by atoms with E-state index in [0.29, 0.717) is 6.42 Å². The molecule has 0 fully saturated rings. The average molecular weight is 533 g/mol. The van der Waals surface area contributed by atoms with E-state index in [1.807, 2.05) is 0 Å². The number of nitrogens with two attached hydrogens (primary N) is 1. The second-order valence-electron chi connectivity index (χ2n) is 8.32. The van der Waals surface area contributed by atoms with Crippen LogP contribution >= 0.6 is 7.82 Å². The van der Waals surface area contributed by atoms with Gasteiger partial charge in [0.15, 0.2) is 0 Å². The van der Waals surface area contributed by atoms with E-state index in [0.717, 1.165) is 25.7 Å². The van der Waals surface area contributed by atoms with Crippen LogP contribution in [0.3, 0.4) is 0 Å². The summed E-state index contributed by atoms with van der Waals surface area (Å²) in [6.07, 6.45) is 17.2. The van der Waals surface area contributed by atoms with Crippen LogP contribution in [-0.4, -0.2) is 88.6 Å². The first-order valence-electron chi connectivity index (χ1n) is 12.3. The van der Waals surface area contributed by atoms with Crippen LogP contribution in [0.25, 0.3) is 0 Å². The third kappa shape index (κ3) is 25.2. The molecule has 201 valence electrons. The smallest absolute Gasteiger partial charge is 0.472 e. The molecule has 0 aliphatic heterocycles. The number of unbranched alkanes of at least 4 members (excludes halogenated alkanes) is 10. The third-order valence-electron chi connectivity index (χ3n) is 4.99. The first-order chi connectivity index (χ1) is 16.2. The van der Waals surface area contributed by atoms with Gasteiger partial charge in [-0.05, 0) is 32.1 Å². The quantitative estimate of drug-likeness (QED) is 0.0501. The Morgan fingerprint density at radius 3 is 1.97 bits per heavy atom. The predicted molar refractivity (Wildman–Crippen MR) is 135 cm³/mol. The van der Waals surface area contributed by atoms with Crippen molar-refractivity contribution in [2.45, 2.75) is 103 Å². The SMILES string of the molecule is CCCCCC/C=C\CCCCCCCCC(=O)OC[C@@H](O)COP(=O)(O)OC[C@H](N)C(=O)O.[Na]. The number of phosphoric acid groups is 1. The molecule has 10 nitrogen and oxygen atoms in total. The van der Waals surface area contributed by atoms with E-state index in [9.17, 15) is 24.2 Å². The molecule has 0 aliphatic rings. The molecule has 0 rings (SSSR count). The molecule has 1 radical (unpaired) electrons. The zero-order chi connectivity index (χ0) is 25.7. The van der Waals surface area contributed by atoms with Gasteiger partial charge in [0.1, 0.15) is 18.8 Å². The Morgan fingerprint density at radius 2 is 1.40 bits per heavy atom. The van der Waals surface area contributed by atoms with Crippen molar-refractivity contribution < 1.29 is 43.0 Å². The fraction of sp³-hybridized carbons (Fsp3) is 0.826. The topological polar surface area (TPSA) is 166 Å². The van der Waals surface area contributed by atoms with E-state index in [2.05, 4.69) is 28.1 Å². The number of rotatable bonds is 23. The zero-order valence-electron chi connectivity index (χ0n) is 21.4. The predicted octanol–water partition coefficient (Wildman–Crippen LogP) is 3.70. The molecule has 1 unspecified atom stereocenters. The number of esters is 1. The summed E-state index contributed by atoms with van der Waals surface area (Å²) in [4.78, 5) is 31.7. The van der Waals surface area contributed by atoms with E-state index in [1.54, 1.807) is 0 Å². The molecular weight excluding hydrogens is 488 g/mol. The fourth-order valence-electron chi connectivity index (χ4n) is 2.94. The number of hydrogen-bond donors (Lipinski definition) is 4. The molecule has 0 saturated carbocycles. The van der Waals surface area contributed by atoms with Crippen molar-refractivity contribution in [2.75, 3.05) is 19.8 Å². The second kappa shape index (κ2) is 24.1. The number of ether oxygens (including phenoxy) is 1. The maximum atomic E-state index is 11.7. The van der Waals surface area contributed by atoms with Gasteiger partial charge < -0.3 is 25.6 Å². The zero-order valence-corrected chi connectivity index (χ0v) is 24.3. The minimum atomic E-state index is -4.58. The first kappa shape index (κ1) is 36.9. The minimum absolute atomic E-state index is 0. The summed E-state index contributed by atoms with van der Waals surface area (Å²) in [6.45, 7) is 0.471. The molecule has 0 heterocycles. The molecule has 0 aromatic rings. The molecule has 0 aromatic heterocycles. The van der Waals surface area contributed by atoms with Crippen LogP contribution in [0, 0.1) is 0 Å². The Labute approximate surface area is 231 Å². The Balaban J connectivity index is 0. The van der Waals surface area contributed by atoms with Gasteiger partial charge in [0.25, 0.3) is 0 Å². The number of hydrogen-bond acceptors (Lipinski definition) is 8. The van der Waals surface area contributed by atoms with Gasteiger partial charge in [-0.1, -0.05) is 64.0 Å². The number of aliphatic carboxylic acids is 1. The molecule has 0 aliphatic carbocycles. The fourth-order valence-corrected chi connectivity index (χ4v) is 3.72. The Bertz CT molecular complexity index is 622. The molecule has 0 saturated heterocycles. The standard InChI is InChI=1S/C23H44NO9P.Na/c1-2-3-4-5-6-7-8-9-10-11-12-13-14-15-16-22(26)31-17-20(25)18-32-34(29,30)33-19-21(24)23(27)28;/h7-8,20-21,25H,2-6,9-19,24H2,1H3,(H,27,28)(H,29,30);/b8-7-;/t20-,21+;/m1./s1. The molecule has 0 spiro atoms. The molecular formula is C23H44NNaO9P. The minimum Gasteiger partial charge on any atom is -0.480 e. The summed E-state index contributed by atoms with van der Waals surface area (Å²) in [5.41, 5.74) is 5.15. The van der Waals surface area contributed by atoms with Crippen molar-refractivity contribution in [3.05, 3.63) is 12.2 Å². The summed E-state index contributed by atoms with van der Waals surface area (Å²) >= 11 is 0. The van der Waals surface area contributed by atoms with Gasteiger partial charge in [0.05, 0.1) is 13.2 Å². The van der Waals surface area contributed by atoms with Crippen LogP contribution in [0.1, 0.15) is 90.4 Å². The van der Waals surface area contributed by atoms with E-state index >= 15 is 0 Å². The summed E-state index contributed by atoms with van der Waals surface area (Å²) in [5, 5.41) is 18.3. The molecule has 0 bridgehead atoms. The number of allylic oxidation sites excluding steroid dienone is 2. The summed E-state index contributed by atoms with van der Waals surface area (Å²) in [5.74, 6) is -1.86. The van der Waals surface area contributed by atoms with Crippen molar-refractivity contribution in [1.82, 2.24) is 0 Å². The van der Waals surface area contributed by atoms with Crippen LogP contribution in [0.4, 0.5) is 0 Å². The van der Waals surface area contributed by atoms with Gasteiger partial charge >= 0.3 is 19.8 Å². The van der Waals surface area contributed by atoms with Crippen LogP contribution in [0.15, 0.2) is 12.2 Å². The van der Waals surface area contributed by atoms with Gasteiger partial charge in [-0.25, -0.2) is 4.57 Å². The van der Waals surface area contributed by atoms with Crippen molar-refractivity contribution in [3.8, 4) is 0 Å². The number of aliphatic hydroxyl groups excluding tert-OH is 1. The molecule has 5 N–H and O–H groups in total. The third-order valence-corrected chi connectivity index (χ3v) is 5.94. The Kier molecular flexibility index (Phi) is 25.4. The molecule has 3 atom stereocenters. The molecule has 35 heavy (non-hydrogen) atoms. The van der Waals surface area contributed by atoms with E-state index < -0.39 is 45.1 Å². The molecule has 0 amide bonds. The second-order valence-corrected chi connectivity index (χ2v) is 9.78. The Hall–Kier alpha value is -0.290. The normalized spacial score (nSPS) is 14.7. The largest absolute Gasteiger partial charge is 0.480 e. The summed E-state index contributed by atoms with van der Waals surface area (Å²) < 4.78 is 25.5.